The Morgan fingerprint density at radius 1 is 1.22 bits per heavy atom. The first-order valence-electron chi connectivity index (χ1n) is 5.59. The SMILES string of the molecule is Cc1cccc(C(=O)Nc2ccccc2CBr)n1. The summed E-state index contributed by atoms with van der Waals surface area (Å²) < 4.78 is 0. The van der Waals surface area contributed by atoms with Crippen LogP contribution in [0.3, 0.4) is 0 Å². The summed E-state index contributed by atoms with van der Waals surface area (Å²) in [5.74, 6) is -0.188. The third-order valence-electron chi connectivity index (χ3n) is 2.53. The summed E-state index contributed by atoms with van der Waals surface area (Å²) in [6.07, 6.45) is 0. The Morgan fingerprint density at radius 2 is 2.00 bits per heavy atom. The Labute approximate surface area is 114 Å². The van der Waals surface area contributed by atoms with Crippen LogP contribution in [0, 0.1) is 6.92 Å². The third-order valence-corrected chi connectivity index (χ3v) is 3.13. The monoisotopic (exact) mass is 304 g/mol. The van der Waals surface area contributed by atoms with Crippen LogP contribution >= 0.6 is 15.9 Å². The summed E-state index contributed by atoms with van der Waals surface area (Å²) in [5.41, 5.74) is 3.11. The summed E-state index contributed by atoms with van der Waals surface area (Å²) in [4.78, 5) is 16.2. The number of aryl methyl sites for hydroxylation is 1. The molecular weight excluding hydrogens is 292 g/mol. The molecule has 0 atom stereocenters. The van der Waals surface area contributed by atoms with E-state index in [2.05, 4.69) is 26.2 Å². The van der Waals surface area contributed by atoms with Gasteiger partial charge >= 0.3 is 0 Å². The van der Waals surface area contributed by atoms with Gasteiger partial charge in [-0.15, -0.1) is 0 Å². The topological polar surface area (TPSA) is 42.0 Å². The molecule has 1 amide bonds. The van der Waals surface area contributed by atoms with Crippen LogP contribution in [0.25, 0.3) is 0 Å². The van der Waals surface area contributed by atoms with Gasteiger partial charge in [0.25, 0.3) is 5.91 Å². The minimum Gasteiger partial charge on any atom is -0.320 e. The predicted octanol–water partition coefficient (Wildman–Crippen LogP) is 3.54. The molecule has 3 nitrogen and oxygen atoms in total. The Hall–Kier alpha value is -1.68. The Bertz CT molecular complexity index is 569. The van der Waals surface area contributed by atoms with Crippen molar-refractivity contribution in [1.82, 2.24) is 4.98 Å². The van der Waals surface area contributed by atoms with Crippen LogP contribution in [0.5, 0.6) is 0 Å². The first-order valence-corrected chi connectivity index (χ1v) is 6.71. The lowest BCUT2D eigenvalue weighted by atomic mass is 10.2. The van der Waals surface area contributed by atoms with E-state index in [0.717, 1.165) is 16.9 Å². The van der Waals surface area contributed by atoms with E-state index in [4.69, 9.17) is 0 Å². The number of alkyl halides is 1. The minimum atomic E-state index is -0.188. The van der Waals surface area contributed by atoms with Crippen molar-refractivity contribution in [2.45, 2.75) is 12.3 Å². The molecule has 92 valence electrons. The highest BCUT2D eigenvalue weighted by molar-refractivity contribution is 9.08. The molecular formula is C14H13BrN2O. The maximum atomic E-state index is 12.0. The van der Waals surface area contributed by atoms with Gasteiger partial charge in [0.1, 0.15) is 5.69 Å². The molecule has 0 bridgehead atoms. The summed E-state index contributed by atoms with van der Waals surface area (Å²) in [6.45, 7) is 1.86. The summed E-state index contributed by atoms with van der Waals surface area (Å²) >= 11 is 3.40. The summed E-state index contributed by atoms with van der Waals surface area (Å²) in [7, 11) is 0. The highest BCUT2D eigenvalue weighted by atomic mass is 79.9. The zero-order chi connectivity index (χ0) is 13.0. The van der Waals surface area contributed by atoms with Crippen LogP contribution in [0.1, 0.15) is 21.7 Å². The van der Waals surface area contributed by atoms with Gasteiger partial charge in [-0.2, -0.15) is 0 Å². The largest absolute Gasteiger partial charge is 0.320 e. The van der Waals surface area contributed by atoms with Crippen molar-refractivity contribution in [3.63, 3.8) is 0 Å². The van der Waals surface area contributed by atoms with Crippen molar-refractivity contribution in [2.75, 3.05) is 5.32 Å². The molecule has 0 radical (unpaired) electrons. The molecule has 0 aliphatic rings. The lowest BCUT2D eigenvalue weighted by Crippen LogP contribution is -2.14. The van der Waals surface area contributed by atoms with E-state index in [1.807, 2.05) is 43.3 Å². The molecule has 1 aromatic heterocycles. The molecule has 0 saturated heterocycles. The fraction of sp³-hybridized carbons (Fsp3) is 0.143. The van der Waals surface area contributed by atoms with Gasteiger partial charge in [0, 0.05) is 16.7 Å². The number of benzene rings is 1. The molecule has 1 heterocycles. The van der Waals surface area contributed by atoms with Crippen molar-refractivity contribution >= 4 is 27.5 Å². The average molecular weight is 305 g/mol. The number of nitrogens with zero attached hydrogens (tertiary/aromatic N) is 1. The molecule has 0 aliphatic heterocycles. The van der Waals surface area contributed by atoms with Crippen LogP contribution in [0.4, 0.5) is 5.69 Å². The second-order valence-corrected chi connectivity index (χ2v) is 4.47. The molecule has 0 aliphatic carbocycles. The maximum absolute atomic E-state index is 12.0. The number of anilines is 1. The molecule has 2 aromatic rings. The number of carbonyl (C=O) groups excluding carboxylic acids is 1. The average Bonchev–Trinajstić information content (AvgIpc) is 2.39. The molecule has 0 unspecified atom stereocenters. The summed E-state index contributed by atoms with van der Waals surface area (Å²) in [6, 6.07) is 13.1. The van der Waals surface area contributed by atoms with Gasteiger partial charge < -0.3 is 5.32 Å². The Balaban J connectivity index is 2.21. The van der Waals surface area contributed by atoms with Crippen LogP contribution < -0.4 is 5.32 Å². The van der Waals surface area contributed by atoms with E-state index in [9.17, 15) is 4.79 Å². The molecule has 4 heteroatoms. The smallest absolute Gasteiger partial charge is 0.274 e. The van der Waals surface area contributed by atoms with E-state index >= 15 is 0 Å². The first kappa shape index (κ1) is 12.8. The molecule has 18 heavy (non-hydrogen) atoms. The van der Waals surface area contributed by atoms with Crippen LogP contribution in [-0.2, 0) is 5.33 Å². The zero-order valence-electron chi connectivity index (χ0n) is 9.98. The number of aromatic nitrogens is 1. The van der Waals surface area contributed by atoms with Gasteiger partial charge in [-0.1, -0.05) is 40.2 Å². The number of para-hydroxylation sites is 1. The van der Waals surface area contributed by atoms with E-state index in [0.29, 0.717) is 11.0 Å². The molecule has 1 N–H and O–H groups in total. The minimum absolute atomic E-state index is 0.188. The molecule has 0 spiro atoms. The van der Waals surface area contributed by atoms with Crippen molar-refractivity contribution in [2.24, 2.45) is 0 Å². The van der Waals surface area contributed by atoms with Crippen LogP contribution in [-0.4, -0.2) is 10.9 Å². The van der Waals surface area contributed by atoms with Crippen LogP contribution in [0.2, 0.25) is 0 Å². The van der Waals surface area contributed by atoms with Gasteiger partial charge in [0.2, 0.25) is 0 Å². The van der Waals surface area contributed by atoms with Gasteiger partial charge in [0.05, 0.1) is 0 Å². The molecule has 1 aromatic carbocycles. The number of halogens is 1. The number of carbonyl (C=O) groups is 1. The fourth-order valence-electron chi connectivity index (χ4n) is 1.61. The van der Waals surface area contributed by atoms with Gasteiger partial charge in [-0.25, -0.2) is 4.98 Å². The van der Waals surface area contributed by atoms with Crippen LogP contribution in [0.15, 0.2) is 42.5 Å². The standard InChI is InChI=1S/C14H13BrN2O/c1-10-5-4-8-13(16-10)14(18)17-12-7-3-2-6-11(12)9-15/h2-8H,9H2,1H3,(H,17,18). The maximum Gasteiger partial charge on any atom is 0.274 e. The highest BCUT2D eigenvalue weighted by Gasteiger charge is 2.09. The molecule has 2 rings (SSSR count). The highest BCUT2D eigenvalue weighted by Crippen LogP contribution is 2.18. The van der Waals surface area contributed by atoms with Gasteiger partial charge in [-0.3, -0.25) is 4.79 Å². The van der Waals surface area contributed by atoms with E-state index < -0.39 is 0 Å². The van der Waals surface area contributed by atoms with Gasteiger partial charge in [-0.05, 0) is 30.7 Å². The zero-order valence-corrected chi connectivity index (χ0v) is 11.6. The van der Waals surface area contributed by atoms with Crippen molar-refractivity contribution in [1.29, 1.82) is 0 Å². The molecule has 0 saturated carbocycles. The fourth-order valence-corrected chi connectivity index (χ4v) is 2.10. The van der Waals surface area contributed by atoms with Crippen molar-refractivity contribution < 1.29 is 4.79 Å². The first-order chi connectivity index (χ1) is 8.70. The number of hydrogen-bond acceptors (Lipinski definition) is 2. The van der Waals surface area contributed by atoms with Gasteiger partial charge in [0.15, 0.2) is 0 Å². The number of pyridine rings is 1. The van der Waals surface area contributed by atoms with Crippen molar-refractivity contribution in [3.8, 4) is 0 Å². The molecule has 0 fully saturated rings. The summed E-state index contributed by atoms with van der Waals surface area (Å²) in [5, 5.41) is 3.57. The second kappa shape index (κ2) is 5.78. The lowest BCUT2D eigenvalue weighted by Gasteiger charge is -2.08. The Morgan fingerprint density at radius 3 is 2.72 bits per heavy atom. The second-order valence-electron chi connectivity index (χ2n) is 3.91. The Kier molecular flexibility index (Phi) is 4.10. The van der Waals surface area contributed by atoms with E-state index in [1.54, 1.807) is 6.07 Å². The number of amides is 1. The van der Waals surface area contributed by atoms with Crippen molar-refractivity contribution in [3.05, 3.63) is 59.4 Å². The normalized spacial score (nSPS) is 10.1. The quantitative estimate of drug-likeness (QED) is 0.881. The lowest BCUT2D eigenvalue weighted by molar-refractivity contribution is 0.102. The third kappa shape index (κ3) is 2.96. The number of hydrogen-bond donors (Lipinski definition) is 1. The number of rotatable bonds is 3. The predicted molar refractivity (Wildman–Crippen MR) is 76.0 cm³/mol. The number of nitrogens with one attached hydrogen (secondary N) is 1. The van der Waals surface area contributed by atoms with E-state index in [1.165, 1.54) is 0 Å². The van der Waals surface area contributed by atoms with E-state index in [-0.39, 0.29) is 5.91 Å².